The van der Waals surface area contributed by atoms with Crippen molar-refractivity contribution in [2.24, 2.45) is 0 Å². The van der Waals surface area contributed by atoms with Crippen LogP contribution in [0.1, 0.15) is 12.2 Å². The smallest absolute Gasteiger partial charge is 0.304 e. The maximum Gasteiger partial charge on any atom is 0.304 e. The summed E-state index contributed by atoms with van der Waals surface area (Å²) in [6.45, 7) is 0. The highest BCUT2D eigenvalue weighted by Gasteiger charge is 2.06. The Labute approximate surface area is 103 Å². The first-order valence-corrected chi connectivity index (χ1v) is 6.12. The molecule has 0 fully saturated rings. The molecule has 8 heteroatoms. The van der Waals surface area contributed by atoms with Gasteiger partial charge in [0, 0.05) is 19.8 Å². The summed E-state index contributed by atoms with van der Waals surface area (Å²) in [5.74, 6) is 1.50. The molecule has 7 nitrogen and oxygen atoms in total. The Bertz CT molecular complexity index is 399. The van der Waals surface area contributed by atoms with E-state index in [1.165, 1.54) is 11.8 Å². The summed E-state index contributed by atoms with van der Waals surface area (Å²) in [6, 6.07) is 0. The number of aliphatic carboxylic acids is 1. The molecule has 0 atom stereocenters. The fourth-order valence-electron chi connectivity index (χ4n) is 1.01. The second kappa shape index (κ2) is 6.24. The molecule has 0 unspecified atom stereocenters. The molecule has 0 aliphatic heterocycles. The van der Waals surface area contributed by atoms with Crippen LogP contribution in [0.2, 0.25) is 0 Å². The summed E-state index contributed by atoms with van der Waals surface area (Å²) in [6.07, 6.45) is 0.131. The number of anilines is 2. The van der Waals surface area contributed by atoms with Crippen LogP contribution in [0, 0.1) is 0 Å². The predicted octanol–water partition coefficient (Wildman–Crippen LogP) is 0.228. The molecule has 0 bridgehead atoms. The Hall–Kier alpha value is -1.57. The van der Waals surface area contributed by atoms with Gasteiger partial charge in [0.05, 0.1) is 12.2 Å². The van der Waals surface area contributed by atoms with Crippen molar-refractivity contribution in [1.29, 1.82) is 0 Å². The number of hydrogen-bond acceptors (Lipinski definition) is 7. The topological polar surface area (TPSA) is 105 Å². The molecular formula is C9H15N5O2S. The Morgan fingerprint density at radius 2 is 2.12 bits per heavy atom. The van der Waals surface area contributed by atoms with Gasteiger partial charge in [-0.15, -0.1) is 0 Å². The monoisotopic (exact) mass is 257 g/mol. The fraction of sp³-hybridized carbons (Fsp3) is 0.556. The summed E-state index contributed by atoms with van der Waals surface area (Å²) >= 11 is 1.46. The van der Waals surface area contributed by atoms with Crippen molar-refractivity contribution in [2.75, 3.05) is 30.5 Å². The first-order valence-electron chi connectivity index (χ1n) is 4.96. The van der Waals surface area contributed by atoms with Gasteiger partial charge in [0.25, 0.3) is 0 Å². The molecule has 0 radical (unpaired) electrons. The summed E-state index contributed by atoms with van der Waals surface area (Å²) < 4.78 is 0. The van der Waals surface area contributed by atoms with Gasteiger partial charge >= 0.3 is 5.97 Å². The molecule has 0 saturated heterocycles. The summed E-state index contributed by atoms with van der Waals surface area (Å²) in [4.78, 5) is 24.2. The minimum Gasteiger partial charge on any atom is -0.481 e. The molecule has 0 saturated carbocycles. The molecule has 1 rings (SSSR count). The number of carbonyl (C=O) groups is 1. The van der Waals surface area contributed by atoms with Gasteiger partial charge in [-0.3, -0.25) is 4.79 Å². The molecule has 1 aromatic rings. The number of carboxylic acids is 1. The zero-order valence-corrected chi connectivity index (χ0v) is 10.6. The van der Waals surface area contributed by atoms with E-state index < -0.39 is 5.97 Å². The number of rotatable bonds is 6. The molecule has 1 aromatic heterocycles. The normalized spacial score (nSPS) is 10.2. The molecule has 0 amide bonds. The van der Waals surface area contributed by atoms with Crippen molar-refractivity contribution >= 4 is 29.6 Å². The van der Waals surface area contributed by atoms with Crippen molar-refractivity contribution in [2.45, 2.75) is 12.2 Å². The highest BCUT2D eigenvalue weighted by molar-refractivity contribution is 7.98. The van der Waals surface area contributed by atoms with E-state index in [0.29, 0.717) is 23.3 Å². The number of carboxylic acid groups (broad SMARTS) is 1. The van der Waals surface area contributed by atoms with Gasteiger partial charge in [-0.25, -0.2) is 0 Å². The molecule has 0 aliphatic rings. The highest BCUT2D eigenvalue weighted by atomic mass is 32.2. The van der Waals surface area contributed by atoms with E-state index in [0.717, 1.165) is 0 Å². The highest BCUT2D eigenvalue weighted by Crippen LogP contribution is 2.12. The summed E-state index contributed by atoms with van der Waals surface area (Å²) in [7, 11) is 3.63. The van der Waals surface area contributed by atoms with Gasteiger partial charge in [0.1, 0.15) is 5.82 Å². The van der Waals surface area contributed by atoms with Gasteiger partial charge in [-0.2, -0.15) is 26.7 Å². The van der Waals surface area contributed by atoms with E-state index in [1.54, 1.807) is 4.90 Å². The second-order valence-corrected chi connectivity index (χ2v) is 4.61. The Kier molecular flexibility index (Phi) is 4.95. The first-order chi connectivity index (χ1) is 7.99. The standard InChI is InChI=1S/C9H15N5O2S/c1-14(2)9-12-6(11-8(10)13-9)5-17-4-3-7(15)16/h3-5H2,1-2H3,(H,15,16)(H2,10,11,12,13). The van der Waals surface area contributed by atoms with Crippen molar-refractivity contribution in [3.63, 3.8) is 0 Å². The van der Waals surface area contributed by atoms with E-state index in [2.05, 4.69) is 15.0 Å². The lowest BCUT2D eigenvalue weighted by molar-refractivity contribution is -0.136. The van der Waals surface area contributed by atoms with E-state index in [-0.39, 0.29) is 12.4 Å². The Morgan fingerprint density at radius 3 is 2.71 bits per heavy atom. The molecule has 17 heavy (non-hydrogen) atoms. The van der Waals surface area contributed by atoms with Gasteiger partial charge < -0.3 is 15.7 Å². The number of nitrogen functional groups attached to an aromatic ring is 1. The van der Waals surface area contributed by atoms with Crippen LogP contribution in [0.5, 0.6) is 0 Å². The van der Waals surface area contributed by atoms with E-state index >= 15 is 0 Å². The van der Waals surface area contributed by atoms with Crippen LogP contribution in [0.4, 0.5) is 11.9 Å². The SMILES string of the molecule is CN(C)c1nc(N)nc(CSCCC(=O)O)n1. The Morgan fingerprint density at radius 1 is 1.41 bits per heavy atom. The quantitative estimate of drug-likeness (QED) is 0.698. The van der Waals surface area contributed by atoms with Gasteiger partial charge in [-0.1, -0.05) is 0 Å². The number of hydrogen-bond donors (Lipinski definition) is 2. The van der Waals surface area contributed by atoms with Crippen molar-refractivity contribution in [3.8, 4) is 0 Å². The largest absolute Gasteiger partial charge is 0.481 e. The zero-order valence-electron chi connectivity index (χ0n) is 9.75. The first kappa shape index (κ1) is 13.5. The van der Waals surface area contributed by atoms with Gasteiger partial charge in [0.15, 0.2) is 0 Å². The average molecular weight is 257 g/mol. The Balaban J connectivity index is 2.55. The third-order valence-corrected chi connectivity index (χ3v) is 2.73. The lowest BCUT2D eigenvalue weighted by Crippen LogP contribution is -2.16. The molecule has 1 heterocycles. The number of nitrogens with zero attached hydrogens (tertiary/aromatic N) is 4. The number of nitrogens with two attached hydrogens (primary N) is 1. The van der Waals surface area contributed by atoms with Gasteiger partial charge in [-0.05, 0) is 0 Å². The summed E-state index contributed by atoms with van der Waals surface area (Å²) in [5, 5.41) is 8.49. The zero-order chi connectivity index (χ0) is 12.8. The molecule has 3 N–H and O–H groups in total. The lowest BCUT2D eigenvalue weighted by atomic mass is 10.5. The third kappa shape index (κ3) is 4.85. The molecule has 0 spiro atoms. The predicted molar refractivity (Wildman–Crippen MR) is 67.0 cm³/mol. The minimum atomic E-state index is -0.804. The maximum atomic E-state index is 10.3. The van der Waals surface area contributed by atoms with Gasteiger partial charge in [0.2, 0.25) is 11.9 Å². The van der Waals surface area contributed by atoms with E-state index in [4.69, 9.17) is 10.8 Å². The molecule has 94 valence electrons. The van der Waals surface area contributed by atoms with Crippen LogP contribution >= 0.6 is 11.8 Å². The van der Waals surface area contributed by atoms with Crippen LogP contribution in [0.3, 0.4) is 0 Å². The second-order valence-electron chi connectivity index (χ2n) is 3.50. The van der Waals surface area contributed by atoms with Crippen molar-refractivity contribution < 1.29 is 9.90 Å². The minimum absolute atomic E-state index is 0.131. The number of aromatic nitrogens is 3. The lowest BCUT2D eigenvalue weighted by Gasteiger charge is -2.11. The van der Waals surface area contributed by atoms with E-state index in [9.17, 15) is 4.79 Å². The van der Waals surface area contributed by atoms with Crippen LogP contribution in [-0.4, -0.2) is 45.9 Å². The molecule has 0 aromatic carbocycles. The average Bonchev–Trinajstić information content (AvgIpc) is 2.23. The maximum absolute atomic E-state index is 10.3. The van der Waals surface area contributed by atoms with Crippen molar-refractivity contribution in [3.05, 3.63) is 5.82 Å². The fourth-order valence-corrected chi connectivity index (χ4v) is 1.79. The van der Waals surface area contributed by atoms with Crippen molar-refractivity contribution in [1.82, 2.24) is 15.0 Å². The third-order valence-electron chi connectivity index (χ3n) is 1.78. The molecule has 0 aliphatic carbocycles. The van der Waals surface area contributed by atoms with Crippen LogP contribution in [0.25, 0.3) is 0 Å². The number of thioether (sulfide) groups is 1. The van der Waals surface area contributed by atoms with Crippen LogP contribution in [-0.2, 0) is 10.5 Å². The van der Waals surface area contributed by atoms with E-state index in [1.807, 2.05) is 14.1 Å². The van der Waals surface area contributed by atoms with Crippen LogP contribution in [0.15, 0.2) is 0 Å². The van der Waals surface area contributed by atoms with Crippen LogP contribution < -0.4 is 10.6 Å². The molecular weight excluding hydrogens is 242 g/mol. The summed E-state index contributed by atoms with van der Waals surface area (Å²) in [5.41, 5.74) is 5.56.